The van der Waals surface area contributed by atoms with Gasteiger partial charge in [-0.1, -0.05) is 6.07 Å². The standard InChI is InChI=1S/C23H29N3O6S/c1-17-5-10-20(33(29,30)26-12-14-32-15-13-26)16-21(17)25-22(27)4-3-11-24-23(28)18-6-8-19(31-2)9-7-18/h5-10,16H,3-4,11-15H2,1-2H3,(H,24,28)(H,25,27). The average Bonchev–Trinajstić information content (AvgIpc) is 2.83. The zero-order chi connectivity index (χ0) is 23.8. The fourth-order valence-corrected chi connectivity index (χ4v) is 4.78. The van der Waals surface area contributed by atoms with Crippen LogP contribution in [0.25, 0.3) is 0 Å². The summed E-state index contributed by atoms with van der Waals surface area (Å²) in [6.07, 6.45) is 0.626. The number of amides is 2. The zero-order valence-electron chi connectivity index (χ0n) is 18.8. The molecule has 1 aliphatic rings. The number of rotatable bonds is 9. The number of aryl methyl sites for hydroxylation is 1. The van der Waals surface area contributed by atoms with E-state index in [1.807, 2.05) is 0 Å². The van der Waals surface area contributed by atoms with Crippen molar-refractivity contribution in [1.29, 1.82) is 0 Å². The molecular formula is C23H29N3O6S. The maximum absolute atomic E-state index is 12.9. The molecular weight excluding hydrogens is 446 g/mol. The van der Waals surface area contributed by atoms with E-state index in [1.165, 1.54) is 10.4 Å². The Labute approximate surface area is 194 Å². The molecule has 0 unspecified atom stereocenters. The molecule has 33 heavy (non-hydrogen) atoms. The molecule has 0 aromatic heterocycles. The summed E-state index contributed by atoms with van der Waals surface area (Å²) in [4.78, 5) is 24.7. The van der Waals surface area contributed by atoms with Crippen LogP contribution in [-0.4, -0.2) is 64.5 Å². The van der Waals surface area contributed by atoms with E-state index in [0.717, 1.165) is 5.56 Å². The first kappa shape index (κ1) is 24.7. The Morgan fingerprint density at radius 1 is 1.09 bits per heavy atom. The van der Waals surface area contributed by atoms with Gasteiger partial charge in [-0.2, -0.15) is 4.31 Å². The summed E-state index contributed by atoms with van der Waals surface area (Å²) in [5.74, 6) is 0.188. The van der Waals surface area contributed by atoms with Crippen molar-refractivity contribution >= 4 is 27.5 Å². The van der Waals surface area contributed by atoms with Crippen molar-refractivity contribution in [3.63, 3.8) is 0 Å². The maximum atomic E-state index is 12.9. The lowest BCUT2D eigenvalue weighted by Gasteiger charge is -2.26. The van der Waals surface area contributed by atoms with Gasteiger partial charge in [0.15, 0.2) is 0 Å². The van der Waals surface area contributed by atoms with Crippen LogP contribution in [-0.2, 0) is 19.6 Å². The van der Waals surface area contributed by atoms with Crippen LogP contribution < -0.4 is 15.4 Å². The van der Waals surface area contributed by atoms with Gasteiger partial charge in [-0.25, -0.2) is 8.42 Å². The molecule has 2 aromatic carbocycles. The number of anilines is 1. The number of carbonyl (C=O) groups is 2. The molecule has 0 atom stereocenters. The third kappa shape index (κ3) is 6.53. The minimum Gasteiger partial charge on any atom is -0.497 e. The van der Waals surface area contributed by atoms with Gasteiger partial charge in [0, 0.05) is 37.3 Å². The predicted molar refractivity (Wildman–Crippen MR) is 124 cm³/mol. The second-order valence-corrected chi connectivity index (χ2v) is 9.57. The Hall–Kier alpha value is -2.95. The van der Waals surface area contributed by atoms with Crippen molar-refractivity contribution in [3.05, 3.63) is 53.6 Å². The molecule has 9 nitrogen and oxygen atoms in total. The number of sulfonamides is 1. The van der Waals surface area contributed by atoms with Crippen molar-refractivity contribution < 1.29 is 27.5 Å². The molecule has 1 saturated heterocycles. The largest absolute Gasteiger partial charge is 0.497 e. The van der Waals surface area contributed by atoms with Crippen molar-refractivity contribution in [2.45, 2.75) is 24.7 Å². The SMILES string of the molecule is COc1ccc(C(=O)NCCCC(=O)Nc2cc(S(=O)(=O)N3CCOCC3)ccc2C)cc1. The van der Waals surface area contributed by atoms with Crippen LogP contribution in [0.1, 0.15) is 28.8 Å². The number of benzene rings is 2. The summed E-state index contributed by atoms with van der Waals surface area (Å²) < 4.78 is 37.4. The van der Waals surface area contributed by atoms with Crippen LogP contribution in [0.4, 0.5) is 5.69 Å². The van der Waals surface area contributed by atoms with Crippen molar-refractivity contribution in [1.82, 2.24) is 9.62 Å². The predicted octanol–water partition coefficient (Wildman–Crippen LogP) is 2.17. The third-order valence-electron chi connectivity index (χ3n) is 5.31. The Morgan fingerprint density at radius 2 is 1.79 bits per heavy atom. The summed E-state index contributed by atoms with van der Waals surface area (Å²) in [6, 6.07) is 11.5. The monoisotopic (exact) mass is 475 g/mol. The van der Waals surface area contributed by atoms with Gasteiger partial charge in [-0.15, -0.1) is 0 Å². The Bertz CT molecular complexity index is 1080. The van der Waals surface area contributed by atoms with Crippen molar-refractivity contribution in [2.75, 3.05) is 45.3 Å². The summed E-state index contributed by atoms with van der Waals surface area (Å²) in [5.41, 5.74) is 1.72. The summed E-state index contributed by atoms with van der Waals surface area (Å²) in [7, 11) is -2.10. The highest BCUT2D eigenvalue weighted by Crippen LogP contribution is 2.24. The summed E-state index contributed by atoms with van der Waals surface area (Å²) >= 11 is 0. The molecule has 0 aliphatic carbocycles. The molecule has 178 valence electrons. The first-order valence-electron chi connectivity index (χ1n) is 10.7. The number of carbonyl (C=O) groups excluding carboxylic acids is 2. The lowest BCUT2D eigenvalue weighted by atomic mass is 10.2. The molecule has 3 rings (SSSR count). The molecule has 1 aliphatic heterocycles. The first-order chi connectivity index (χ1) is 15.8. The quantitative estimate of drug-likeness (QED) is 0.538. The Balaban J connectivity index is 1.51. The number of morpholine rings is 1. The van der Waals surface area contributed by atoms with Gasteiger partial charge in [-0.3, -0.25) is 9.59 Å². The minimum atomic E-state index is -3.65. The molecule has 0 saturated carbocycles. The molecule has 0 spiro atoms. The second-order valence-electron chi connectivity index (χ2n) is 7.63. The van der Waals surface area contributed by atoms with E-state index in [4.69, 9.17) is 9.47 Å². The lowest BCUT2D eigenvalue weighted by molar-refractivity contribution is -0.116. The summed E-state index contributed by atoms with van der Waals surface area (Å²) in [6.45, 7) is 3.48. The van der Waals surface area contributed by atoms with Crippen molar-refractivity contribution in [2.24, 2.45) is 0 Å². The van der Waals surface area contributed by atoms with E-state index < -0.39 is 10.0 Å². The van der Waals surface area contributed by atoms with E-state index in [2.05, 4.69) is 10.6 Å². The number of nitrogens with one attached hydrogen (secondary N) is 2. The van der Waals surface area contributed by atoms with E-state index in [0.29, 0.717) is 56.3 Å². The van der Waals surface area contributed by atoms with Crippen molar-refractivity contribution in [3.8, 4) is 5.75 Å². The van der Waals surface area contributed by atoms with Crippen LogP contribution in [0.5, 0.6) is 5.75 Å². The van der Waals surface area contributed by atoms with E-state index >= 15 is 0 Å². The zero-order valence-corrected chi connectivity index (χ0v) is 19.6. The summed E-state index contributed by atoms with van der Waals surface area (Å²) in [5, 5.41) is 5.56. The number of hydrogen-bond acceptors (Lipinski definition) is 6. The van der Waals surface area contributed by atoms with Crippen LogP contribution >= 0.6 is 0 Å². The number of ether oxygens (including phenoxy) is 2. The number of nitrogens with zero attached hydrogens (tertiary/aromatic N) is 1. The molecule has 2 aromatic rings. The maximum Gasteiger partial charge on any atom is 0.251 e. The molecule has 0 bridgehead atoms. The normalized spacial score (nSPS) is 14.5. The fraction of sp³-hybridized carbons (Fsp3) is 0.391. The molecule has 1 fully saturated rings. The van der Waals surface area contributed by atoms with Crippen LogP contribution in [0.15, 0.2) is 47.4 Å². The molecule has 2 amide bonds. The van der Waals surface area contributed by atoms with E-state index in [-0.39, 0.29) is 23.1 Å². The van der Waals surface area contributed by atoms with Gasteiger partial charge in [0.05, 0.1) is 25.2 Å². The lowest BCUT2D eigenvalue weighted by Crippen LogP contribution is -2.40. The van der Waals surface area contributed by atoms with Gasteiger partial charge in [0.2, 0.25) is 15.9 Å². The first-order valence-corrected chi connectivity index (χ1v) is 12.2. The number of hydrogen-bond donors (Lipinski definition) is 2. The average molecular weight is 476 g/mol. The molecule has 10 heteroatoms. The Kier molecular flexibility index (Phi) is 8.43. The molecule has 2 N–H and O–H groups in total. The van der Waals surface area contributed by atoms with Gasteiger partial charge in [0.25, 0.3) is 5.91 Å². The third-order valence-corrected chi connectivity index (χ3v) is 7.20. The fourth-order valence-electron chi connectivity index (χ4n) is 3.34. The van der Waals surface area contributed by atoms with E-state index in [1.54, 1.807) is 50.4 Å². The Morgan fingerprint density at radius 3 is 2.45 bits per heavy atom. The van der Waals surface area contributed by atoms with Crippen LogP contribution in [0.3, 0.4) is 0 Å². The van der Waals surface area contributed by atoms with Gasteiger partial charge < -0.3 is 20.1 Å². The molecule has 1 heterocycles. The highest BCUT2D eigenvalue weighted by molar-refractivity contribution is 7.89. The highest BCUT2D eigenvalue weighted by Gasteiger charge is 2.26. The van der Waals surface area contributed by atoms with Gasteiger partial charge in [0.1, 0.15) is 5.75 Å². The van der Waals surface area contributed by atoms with Gasteiger partial charge in [-0.05, 0) is 55.3 Å². The molecule has 0 radical (unpaired) electrons. The van der Waals surface area contributed by atoms with Gasteiger partial charge >= 0.3 is 0 Å². The minimum absolute atomic E-state index is 0.136. The number of methoxy groups -OCH3 is 1. The van der Waals surface area contributed by atoms with Crippen LogP contribution in [0.2, 0.25) is 0 Å². The smallest absolute Gasteiger partial charge is 0.251 e. The topological polar surface area (TPSA) is 114 Å². The second kappa shape index (κ2) is 11.3. The highest BCUT2D eigenvalue weighted by atomic mass is 32.2. The van der Waals surface area contributed by atoms with E-state index in [9.17, 15) is 18.0 Å². The van der Waals surface area contributed by atoms with Crippen LogP contribution in [0, 0.1) is 6.92 Å².